The van der Waals surface area contributed by atoms with Crippen molar-refractivity contribution < 1.29 is 14.7 Å². The zero-order chi connectivity index (χ0) is 12.3. The maximum absolute atomic E-state index is 10.8. The molecule has 90 valence electrons. The maximum Gasteiger partial charge on any atom is 0.305 e. The highest BCUT2D eigenvalue weighted by molar-refractivity contribution is 5.69. The van der Waals surface area contributed by atoms with Crippen molar-refractivity contribution in [3.05, 3.63) is 35.4 Å². The fraction of sp³-hybridized carbons (Fsp3) is 0.385. The first-order chi connectivity index (χ1) is 8.22. The first kappa shape index (κ1) is 11.6. The molecule has 1 amide bonds. The molecule has 0 saturated heterocycles. The van der Waals surface area contributed by atoms with Gasteiger partial charge in [0.05, 0.1) is 12.5 Å². The molecule has 1 aromatic carbocycles. The lowest BCUT2D eigenvalue weighted by molar-refractivity contribution is -0.137. The lowest BCUT2D eigenvalue weighted by Crippen LogP contribution is -2.23. The Balaban J connectivity index is 2.27. The van der Waals surface area contributed by atoms with Crippen molar-refractivity contribution >= 4 is 12.4 Å². The topological polar surface area (TPSA) is 66.4 Å². The van der Waals surface area contributed by atoms with Crippen LogP contribution in [0.4, 0.5) is 0 Å². The van der Waals surface area contributed by atoms with Crippen LogP contribution in [0, 0.1) is 0 Å². The number of benzene rings is 1. The quantitative estimate of drug-likeness (QED) is 0.736. The monoisotopic (exact) mass is 233 g/mol. The second-order valence-corrected chi connectivity index (χ2v) is 4.34. The van der Waals surface area contributed by atoms with Crippen molar-refractivity contribution in [2.75, 3.05) is 0 Å². The summed E-state index contributed by atoms with van der Waals surface area (Å²) in [4.78, 5) is 21.4. The summed E-state index contributed by atoms with van der Waals surface area (Å²) in [6, 6.07) is 7.33. The van der Waals surface area contributed by atoms with E-state index in [2.05, 4.69) is 5.32 Å². The van der Waals surface area contributed by atoms with Gasteiger partial charge in [-0.1, -0.05) is 24.3 Å². The minimum Gasteiger partial charge on any atom is -0.481 e. The Morgan fingerprint density at radius 1 is 1.47 bits per heavy atom. The van der Waals surface area contributed by atoms with Crippen LogP contribution in [0.1, 0.15) is 42.3 Å². The summed E-state index contributed by atoms with van der Waals surface area (Å²) in [5, 5.41) is 11.5. The van der Waals surface area contributed by atoms with Crippen LogP contribution in [0.15, 0.2) is 24.3 Å². The van der Waals surface area contributed by atoms with Crippen molar-refractivity contribution in [1.29, 1.82) is 0 Å². The number of nitrogens with one attached hydrogen (secondary N) is 1. The van der Waals surface area contributed by atoms with Crippen molar-refractivity contribution in [2.24, 2.45) is 0 Å². The van der Waals surface area contributed by atoms with Gasteiger partial charge in [-0.2, -0.15) is 0 Å². The average Bonchev–Trinajstić information content (AvgIpc) is 3.12. The largest absolute Gasteiger partial charge is 0.481 e. The molecule has 0 radical (unpaired) electrons. The van der Waals surface area contributed by atoms with Gasteiger partial charge in [0.1, 0.15) is 0 Å². The molecule has 0 aromatic heterocycles. The van der Waals surface area contributed by atoms with E-state index < -0.39 is 12.0 Å². The lowest BCUT2D eigenvalue weighted by atomic mass is 9.95. The Kier molecular flexibility index (Phi) is 3.42. The molecule has 4 heteroatoms. The van der Waals surface area contributed by atoms with Gasteiger partial charge in [0.2, 0.25) is 6.41 Å². The SMILES string of the molecule is O=CNC(CC(=O)O)c1ccccc1C1CC1. The molecule has 1 aliphatic carbocycles. The zero-order valence-electron chi connectivity index (χ0n) is 9.43. The number of hydrogen-bond donors (Lipinski definition) is 2. The van der Waals surface area contributed by atoms with Gasteiger partial charge in [-0.3, -0.25) is 9.59 Å². The van der Waals surface area contributed by atoms with E-state index in [4.69, 9.17) is 5.11 Å². The minimum absolute atomic E-state index is 0.0809. The second-order valence-electron chi connectivity index (χ2n) is 4.34. The molecule has 2 rings (SSSR count). The van der Waals surface area contributed by atoms with Crippen LogP contribution in [0.2, 0.25) is 0 Å². The third-order valence-corrected chi connectivity index (χ3v) is 3.04. The van der Waals surface area contributed by atoms with E-state index in [1.165, 1.54) is 5.56 Å². The van der Waals surface area contributed by atoms with E-state index in [0.717, 1.165) is 18.4 Å². The number of carbonyl (C=O) groups is 2. The number of aliphatic carboxylic acids is 1. The Hall–Kier alpha value is -1.84. The van der Waals surface area contributed by atoms with Crippen molar-refractivity contribution in [2.45, 2.75) is 31.2 Å². The number of amides is 1. The predicted octanol–water partition coefficient (Wildman–Crippen LogP) is 1.83. The summed E-state index contributed by atoms with van der Waals surface area (Å²) in [5.74, 6) is -0.370. The number of carbonyl (C=O) groups excluding carboxylic acids is 1. The number of rotatable bonds is 6. The van der Waals surface area contributed by atoms with Crippen LogP contribution in [-0.4, -0.2) is 17.5 Å². The van der Waals surface area contributed by atoms with E-state index in [0.29, 0.717) is 12.3 Å². The first-order valence-electron chi connectivity index (χ1n) is 5.72. The Bertz CT molecular complexity index is 426. The highest BCUT2D eigenvalue weighted by Gasteiger charge is 2.28. The average molecular weight is 233 g/mol. The Morgan fingerprint density at radius 2 is 2.18 bits per heavy atom. The van der Waals surface area contributed by atoms with Gasteiger partial charge >= 0.3 is 5.97 Å². The van der Waals surface area contributed by atoms with Crippen molar-refractivity contribution in [3.63, 3.8) is 0 Å². The first-order valence-corrected chi connectivity index (χ1v) is 5.72. The van der Waals surface area contributed by atoms with E-state index in [1.807, 2.05) is 24.3 Å². The molecule has 1 aliphatic rings. The maximum atomic E-state index is 10.8. The van der Waals surface area contributed by atoms with Crippen LogP contribution in [0.5, 0.6) is 0 Å². The van der Waals surface area contributed by atoms with Gasteiger partial charge in [-0.05, 0) is 29.9 Å². The van der Waals surface area contributed by atoms with E-state index in [9.17, 15) is 9.59 Å². The molecule has 1 unspecified atom stereocenters. The Morgan fingerprint density at radius 3 is 2.76 bits per heavy atom. The van der Waals surface area contributed by atoms with Gasteiger partial charge in [-0.15, -0.1) is 0 Å². The van der Waals surface area contributed by atoms with Crippen molar-refractivity contribution in [1.82, 2.24) is 5.32 Å². The molecule has 4 nitrogen and oxygen atoms in total. The minimum atomic E-state index is -0.907. The fourth-order valence-corrected chi connectivity index (χ4v) is 2.11. The number of carboxylic acids is 1. The van der Waals surface area contributed by atoms with Crippen molar-refractivity contribution in [3.8, 4) is 0 Å². The van der Waals surface area contributed by atoms with Gasteiger partial charge in [0.25, 0.3) is 0 Å². The summed E-state index contributed by atoms with van der Waals surface area (Å²) < 4.78 is 0. The molecule has 1 fully saturated rings. The van der Waals surface area contributed by atoms with Crippen LogP contribution in [0.3, 0.4) is 0 Å². The zero-order valence-corrected chi connectivity index (χ0v) is 9.43. The standard InChI is InChI=1S/C13H15NO3/c15-8-14-12(7-13(16)17)11-4-2-1-3-10(11)9-5-6-9/h1-4,8-9,12H,5-7H2,(H,14,15)(H,16,17). The van der Waals surface area contributed by atoms with E-state index in [1.54, 1.807) is 0 Å². The molecule has 2 N–H and O–H groups in total. The van der Waals surface area contributed by atoms with Crippen LogP contribution in [0.25, 0.3) is 0 Å². The lowest BCUT2D eigenvalue weighted by Gasteiger charge is -2.18. The van der Waals surface area contributed by atoms with E-state index >= 15 is 0 Å². The smallest absolute Gasteiger partial charge is 0.305 e. The molecule has 1 aromatic rings. The summed E-state index contributed by atoms with van der Waals surface area (Å²) in [7, 11) is 0. The summed E-state index contributed by atoms with van der Waals surface area (Å²) >= 11 is 0. The van der Waals surface area contributed by atoms with Crippen LogP contribution in [-0.2, 0) is 9.59 Å². The molecule has 1 saturated carbocycles. The highest BCUT2D eigenvalue weighted by atomic mass is 16.4. The Labute approximate surface area is 99.6 Å². The molecule has 0 bridgehead atoms. The van der Waals surface area contributed by atoms with Crippen LogP contribution < -0.4 is 5.32 Å². The molecule has 0 heterocycles. The number of hydrogen-bond acceptors (Lipinski definition) is 2. The van der Waals surface area contributed by atoms with Gasteiger partial charge in [-0.25, -0.2) is 0 Å². The van der Waals surface area contributed by atoms with Crippen LogP contribution >= 0.6 is 0 Å². The molecule has 17 heavy (non-hydrogen) atoms. The molecular weight excluding hydrogens is 218 g/mol. The summed E-state index contributed by atoms with van der Waals surface area (Å²) in [6.07, 6.45) is 2.79. The summed E-state index contributed by atoms with van der Waals surface area (Å²) in [6.45, 7) is 0. The highest BCUT2D eigenvalue weighted by Crippen LogP contribution is 2.43. The second kappa shape index (κ2) is 4.99. The predicted molar refractivity (Wildman–Crippen MR) is 62.6 cm³/mol. The molecule has 0 spiro atoms. The third kappa shape index (κ3) is 2.84. The molecular formula is C13H15NO3. The van der Waals surface area contributed by atoms with Gasteiger partial charge in [0.15, 0.2) is 0 Å². The summed E-state index contributed by atoms with van der Waals surface area (Å²) in [5.41, 5.74) is 2.11. The van der Waals surface area contributed by atoms with E-state index in [-0.39, 0.29) is 6.42 Å². The third-order valence-electron chi connectivity index (χ3n) is 3.04. The normalized spacial score (nSPS) is 16.2. The number of carboxylic acid groups (broad SMARTS) is 1. The fourth-order valence-electron chi connectivity index (χ4n) is 2.11. The molecule has 1 atom stereocenters. The molecule has 0 aliphatic heterocycles. The van der Waals surface area contributed by atoms with Gasteiger partial charge < -0.3 is 10.4 Å². The van der Waals surface area contributed by atoms with Gasteiger partial charge in [0, 0.05) is 0 Å².